The Labute approximate surface area is 125 Å². The third-order valence-electron chi connectivity index (χ3n) is 2.46. The third-order valence-corrected chi connectivity index (χ3v) is 3.29. The van der Waals surface area contributed by atoms with Crippen molar-refractivity contribution in [2.75, 3.05) is 12.4 Å². The number of ether oxygens (including phenoxy) is 1. The second-order valence-corrected chi connectivity index (χ2v) is 5.06. The van der Waals surface area contributed by atoms with Crippen molar-refractivity contribution < 1.29 is 4.74 Å². The Kier molecular flexibility index (Phi) is 4.34. The van der Waals surface area contributed by atoms with Gasteiger partial charge < -0.3 is 15.8 Å². The monoisotopic (exact) mass is 337 g/mol. The number of nitrogens with zero attached hydrogens (tertiary/aromatic N) is 1. The third kappa shape index (κ3) is 3.42. The van der Waals surface area contributed by atoms with Gasteiger partial charge in [0.2, 0.25) is 0 Å². The molecule has 0 radical (unpaired) electrons. The summed E-state index contributed by atoms with van der Waals surface area (Å²) in [4.78, 5) is 4.46. The molecule has 0 aliphatic heterocycles. The number of halogens is 1. The minimum Gasteiger partial charge on any atom is -0.496 e. The molecule has 0 atom stereocenters. The first-order valence-corrected chi connectivity index (χ1v) is 6.66. The minimum atomic E-state index is 0.291. The average molecular weight is 338 g/mol. The highest BCUT2D eigenvalue weighted by Gasteiger charge is 2.03. The van der Waals surface area contributed by atoms with Crippen molar-refractivity contribution in [2.24, 2.45) is 5.73 Å². The molecule has 0 aliphatic carbocycles. The van der Waals surface area contributed by atoms with E-state index in [1.807, 2.05) is 24.3 Å². The van der Waals surface area contributed by atoms with Crippen LogP contribution in [0.3, 0.4) is 0 Å². The van der Waals surface area contributed by atoms with E-state index in [0.717, 1.165) is 21.6 Å². The molecule has 2 rings (SSSR count). The lowest BCUT2D eigenvalue weighted by molar-refractivity contribution is 0.412. The van der Waals surface area contributed by atoms with Crippen LogP contribution in [0.5, 0.6) is 5.75 Å². The highest BCUT2D eigenvalue weighted by molar-refractivity contribution is 9.10. The number of nitrogens with two attached hydrogens (primary N) is 1. The Hall–Kier alpha value is -1.66. The molecule has 4 nitrogen and oxygen atoms in total. The number of nitrogens with one attached hydrogen (secondary N) is 1. The first kappa shape index (κ1) is 13.8. The van der Waals surface area contributed by atoms with Crippen LogP contribution in [-0.4, -0.2) is 17.1 Å². The number of benzene rings is 1. The Balaban J connectivity index is 2.16. The zero-order chi connectivity index (χ0) is 13.8. The van der Waals surface area contributed by atoms with E-state index in [1.54, 1.807) is 19.4 Å². The van der Waals surface area contributed by atoms with Gasteiger partial charge in [-0.05, 0) is 46.3 Å². The number of anilines is 2. The fourth-order valence-electron chi connectivity index (χ4n) is 1.52. The van der Waals surface area contributed by atoms with Crippen molar-refractivity contribution in [3.63, 3.8) is 0 Å². The van der Waals surface area contributed by atoms with Gasteiger partial charge in [0.05, 0.1) is 29.2 Å². The van der Waals surface area contributed by atoms with Crippen LogP contribution >= 0.6 is 28.1 Å². The molecular weight excluding hydrogens is 326 g/mol. The summed E-state index contributed by atoms with van der Waals surface area (Å²) in [5.41, 5.74) is 7.89. The molecule has 6 heteroatoms. The highest BCUT2D eigenvalue weighted by Crippen LogP contribution is 2.29. The molecule has 98 valence electrons. The molecule has 0 saturated carbocycles. The van der Waals surface area contributed by atoms with E-state index in [9.17, 15) is 0 Å². The van der Waals surface area contributed by atoms with Gasteiger partial charge in [0, 0.05) is 5.69 Å². The van der Waals surface area contributed by atoms with Gasteiger partial charge in [-0.1, -0.05) is 12.2 Å². The van der Waals surface area contributed by atoms with Gasteiger partial charge >= 0.3 is 0 Å². The van der Waals surface area contributed by atoms with Gasteiger partial charge in [-0.2, -0.15) is 0 Å². The van der Waals surface area contributed by atoms with Gasteiger partial charge in [0.15, 0.2) is 0 Å². The van der Waals surface area contributed by atoms with Crippen molar-refractivity contribution in [2.45, 2.75) is 0 Å². The average Bonchev–Trinajstić information content (AvgIpc) is 2.39. The molecule has 19 heavy (non-hydrogen) atoms. The van der Waals surface area contributed by atoms with Crippen LogP contribution in [0.1, 0.15) is 5.69 Å². The van der Waals surface area contributed by atoms with Crippen molar-refractivity contribution in [1.82, 2.24) is 4.98 Å². The van der Waals surface area contributed by atoms with E-state index in [0.29, 0.717) is 10.7 Å². The van der Waals surface area contributed by atoms with Crippen LogP contribution in [0.4, 0.5) is 11.4 Å². The quantitative estimate of drug-likeness (QED) is 0.838. The van der Waals surface area contributed by atoms with E-state index in [-0.39, 0.29) is 0 Å². The van der Waals surface area contributed by atoms with Gasteiger partial charge in [-0.25, -0.2) is 0 Å². The van der Waals surface area contributed by atoms with Crippen LogP contribution in [0.2, 0.25) is 0 Å². The zero-order valence-electron chi connectivity index (χ0n) is 10.2. The molecule has 0 aliphatic rings. The number of hydrogen-bond donors (Lipinski definition) is 2. The molecule has 0 bridgehead atoms. The molecule has 3 N–H and O–H groups in total. The minimum absolute atomic E-state index is 0.291. The Morgan fingerprint density at radius 1 is 1.32 bits per heavy atom. The van der Waals surface area contributed by atoms with Crippen molar-refractivity contribution >= 4 is 44.5 Å². The molecule has 0 spiro atoms. The Morgan fingerprint density at radius 2 is 2.05 bits per heavy atom. The van der Waals surface area contributed by atoms with E-state index in [2.05, 4.69) is 26.2 Å². The summed E-state index contributed by atoms with van der Waals surface area (Å²) < 4.78 is 6.06. The number of methoxy groups -OCH3 is 1. The predicted molar refractivity (Wildman–Crippen MR) is 84.1 cm³/mol. The Bertz CT molecular complexity index is 601. The summed E-state index contributed by atoms with van der Waals surface area (Å²) in [6.45, 7) is 0. The standard InChI is InChI=1S/C13H12BrN3OS/c1-18-12-5-3-8(6-10(12)14)17-9-2-4-11(13(15)19)16-7-9/h2-7,17H,1H3,(H2,15,19). The number of rotatable bonds is 4. The van der Waals surface area contributed by atoms with E-state index < -0.39 is 0 Å². The summed E-state index contributed by atoms with van der Waals surface area (Å²) >= 11 is 8.29. The van der Waals surface area contributed by atoms with Crippen LogP contribution in [0.15, 0.2) is 41.0 Å². The maximum atomic E-state index is 5.50. The first-order valence-electron chi connectivity index (χ1n) is 5.46. The SMILES string of the molecule is COc1ccc(Nc2ccc(C(N)=S)nc2)cc1Br. The van der Waals surface area contributed by atoms with E-state index in [1.165, 1.54) is 0 Å². The molecule has 0 saturated heterocycles. The topological polar surface area (TPSA) is 60.2 Å². The van der Waals surface area contributed by atoms with E-state index in [4.69, 9.17) is 22.7 Å². The number of aromatic nitrogens is 1. The second kappa shape index (κ2) is 5.99. The van der Waals surface area contributed by atoms with E-state index >= 15 is 0 Å². The van der Waals surface area contributed by atoms with Gasteiger partial charge in [0.25, 0.3) is 0 Å². The molecule has 0 unspecified atom stereocenters. The van der Waals surface area contributed by atoms with Crippen molar-refractivity contribution in [3.8, 4) is 5.75 Å². The summed E-state index contributed by atoms with van der Waals surface area (Å²) in [7, 11) is 1.63. The molecule has 1 aromatic heterocycles. The second-order valence-electron chi connectivity index (χ2n) is 3.77. The fraction of sp³-hybridized carbons (Fsp3) is 0.0769. The predicted octanol–water partition coefficient (Wildman–Crippen LogP) is 3.23. The van der Waals surface area contributed by atoms with Gasteiger partial charge in [-0.3, -0.25) is 4.98 Å². The van der Waals surface area contributed by atoms with Gasteiger partial charge in [-0.15, -0.1) is 0 Å². The molecule has 1 aromatic carbocycles. The van der Waals surface area contributed by atoms with Gasteiger partial charge in [0.1, 0.15) is 10.7 Å². The van der Waals surface area contributed by atoms with Crippen molar-refractivity contribution in [3.05, 3.63) is 46.7 Å². The summed E-state index contributed by atoms with van der Waals surface area (Å²) in [5, 5.41) is 3.23. The lowest BCUT2D eigenvalue weighted by atomic mass is 10.2. The normalized spacial score (nSPS) is 10.0. The summed E-state index contributed by atoms with van der Waals surface area (Å²) in [6, 6.07) is 9.39. The maximum Gasteiger partial charge on any atom is 0.133 e. The first-order chi connectivity index (χ1) is 9.10. The van der Waals surface area contributed by atoms with Crippen LogP contribution in [0, 0.1) is 0 Å². The lowest BCUT2D eigenvalue weighted by Crippen LogP contribution is -2.11. The molecule has 0 fully saturated rings. The zero-order valence-corrected chi connectivity index (χ0v) is 12.6. The van der Waals surface area contributed by atoms with Crippen LogP contribution in [-0.2, 0) is 0 Å². The lowest BCUT2D eigenvalue weighted by Gasteiger charge is -2.09. The summed E-state index contributed by atoms with van der Waals surface area (Å²) in [5.74, 6) is 0.785. The molecule has 2 aromatic rings. The van der Waals surface area contributed by atoms with Crippen LogP contribution in [0.25, 0.3) is 0 Å². The molecule has 0 amide bonds. The van der Waals surface area contributed by atoms with Crippen molar-refractivity contribution in [1.29, 1.82) is 0 Å². The fourth-order valence-corrected chi connectivity index (χ4v) is 2.19. The molecular formula is C13H12BrN3OS. The number of hydrogen-bond acceptors (Lipinski definition) is 4. The number of thiocarbonyl (C=S) groups is 1. The smallest absolute Gasteiger partial charge is 0.133 e. The highest BCUT2D eigenvalue weighted by atomic mass is 79.9. The van der Waals surface area contributed by atoms with Crippen LogP contribution < -0.4 is 15.8 Å². The maximum absolute atomic E-state index is 5.50. The Morgan fingerprint density at radius 3 is 2.58 bits per heavy atom. The summed E-state index contributed by atoms with van der Waals surface area (Å²) in [6.07, 6.45) is 1.69. The number of pyridine rings is 1. The molecule has 1 heterocycles. The largest absolute Gasteiger partial charge is 0.496 e.